The van der Waals surface area contributed by atoms with Gasteiger partial charge >= 0.3 is 5.97 Å². The second-order valence-corrected chi connectivity index (χ2v) is 6.41. The first-order chi connectivity index (χ1) is 9.97. The Morgan fingerprint density at radius 1 is 1.29 bits per heavy atom. The number of carboxylic acid groups (broad SMARTS) is 1. The van der Waals surface area contributed by atoms with E-state index < -0.39 is 11.9 Å². The zero-order valence-corrected chi connectivity index (χ0v) is 12.4. The number of likely N-dealkylation sites (tertiary alicyclic amines) is 1. The molecular weight excluding hydrogens is 270 g/mol. The summed E-state index contributed by atoms with van der Waals surface area (Å²) in [5, 5.41) is 9.01. The number of aryl methyl sites for hydroxylation is 1. The average molecular weight is 291 g/mol. The van der Waals surface area contributed by atoms with E-state index in [4.69, 9.17) is 9.52 Å². The molecule has 1 aliphatic heterocycles. The Kier molecular flexibility index (Phi) is 3.51. The van der Waals surface area contributed by atoms with Gasteiger partial charge in [-0.15, -0.1) is 0 Å². The smallest absolute Gasteiger partial charge is 0.307 e. The molecule has 4 unspecified atom stereocenters. The van der Waals surface area contributed by atoms with Crippen LogP contribution in [0.1, 0.15) is 43.7 Å². The van der Waals surface area contributed by atoms with Gasteiger partial charge in [0.05, 0.1) is 17.9 Å². The van der Waals surface area contributed by atoms with E-state index >= 15 is 0 Å². The second-order valence-electron chi connectivity index (χ2n) is 6.41. The summed E-state index contributed by atoms with van der Waals surface area (Å²) in [5.74, 6) is 0.493. The Balaban J connectivity index is 1.78. The van der Waals surface area contributed by atoms with Gasteiger partial charge in [0.15, 0.2) is 0 Å². The molecule has 21 heavy (non-hydrogen) atoms. The predicted molar refractivity (Wildman–Crippen MR) is 75.5 cm³/mol. The third-order valence-electron chi connectivity index (χ3n) is 4.66. The molecule has 1 aliphatic carbocycles. The minimum Gasteiger partial charge on any atom is -0.481 e. The van der Waals surface area contributed by atoms with Crippen molar-refractivity contribution in [1.29, 1.82) is 0 Å². The van der Waals surface area contributed by atoms with Crippen LogP contribution in [0.5, 0.6) is 0 Å². The van der Waals surface area contributed by atoms with E-state index in [-0.39, 0.29) is 17.9 Å². The number of hydrogen-bond acceptors (Lipinski definition) is 3. The molecule has 0 bridgehead atoms. The number of amides is 1. The highest BCUT2D eigenvalue weighted by molar-refractivity contribution is 5.89. The fraction of sp³-hybridized carbons (Fsp3) is 0.625. The summed E-state index contributed by atoms with van der Waals surface area (Å²) in [6, 6.07) is 3.79. The van der Waals surface area contributed by atoms with Crippen LogP contribution in [0.25, 0.3) is 0 Å². The number of rotatable bonds is 3. The van der Waals surface area contributed by atoms with Gasteiger partial charge in [-0.25, -0.2) is 0 Å². The third kappa shape index (κ3) is 2.69. The van der Waals surface area contributed by atoms with Crippen molar-refractivity contribution in [2.75, 3.05) is 6.54 Å². The lowest BCUT2D eigenvalue weighted by molar-refractivity contribution is -0.143. The van der Waals surface area contributed by atoms with Crippen LogP contribution < -0.4 is 0 Å². The summed E-state index contributed by atoms with van der Waals surface area (Å²) in [7, 11) is 0. The molecule has 0 spiro atoms. The topological polar surface area (TPSA) is 70.8 Å². The summed E-state index contributed by atoms with van der Waals surface area (Å²) < 4.78 is 5.72. The highest BCUT2D eigenvalue weighted by atomic mass is 16.4. The van der Waals surface area contributed by atoms with Crippen LogP contribution in [0, 0.1) is 24.7 Å². The first kappa shape index (κ1) is 14.2. The number of furan rings is 1. The SMILES string of the molecule is Cc1ccc(C2CC(C)CCN2C(=O)C2CC2C(=O)O)o1. The standard InChI is InChI=1S/C16H21NO4/c1-9-5-6-17(15(18)11-8-12(11)16(19)20)13(7-9)14-4-3-10(2)21-14/h3-4,9,11-13H,5-8H2,1-2H3,(H,19,20). The molecule has 4 atom stereocenters. The van der Waals surface area contributed by atoms with Gasteiger partial charge in [-0.3, -0.25) is 9.59 Å². The van der Waals surface area contributed by atoms with E-state index in [0.717, 1.165) is 24.4 Å². The molecule has 2 aliphatic rings. The molecule has 2 fully saturated rings. The number of carboxylic acids is 1. The first-order valence-electron chi connectivity index (χ1n) is 7.57. The largest absolute Gasteiger partial charge is 0.481 e. The van der Waals surface area contributed by atoms with Crippen molar-refractivity contribution in [2.45, 2.75) is 39.2 Å². The van der Waals surface area contributed by atoms with Crippen LogP contribution in [0.2, 0.25) is 0 Å². The van der Waals surface area contributed by atoms with Gasteiger partial charge in [0.1, 0.15) is 11.5 Å². The van der Waals surface area contributed by atoms with Crippen molar-refractivity contribution < 1.29 is 19.1 Å². The molecule has 1 amide bonds. The number of carbonyl (C=O) groups excluding carboxylic acids is 1. The fourth-order valence-corrected chi connectivity index (χ4v) is 3.26. The molecule has 1 N–H and O–H groups in total. The molecule has 1 saturated heterocycles. The Morgan fingerprint density at radius 3 is 2.62 bits per heavy atom. The molecule has 5 heteroatoms. The number of aliphatic carboxylic acids is 1. The highest BCUT2D eigenvalue weighted by Gasteiger charge is 2.51. The second kappa shape index (κ2) is 5.20. The van der Waals surface area contributed by atoms with Crippen LogP contribution in [0.4, 0.5) is 0 Å². The van der Waals surface area contributed by atoms with E-state index in [9.17, 15) is 9.59 Å². The summed E-state index contributed by atoms with van der Waals surface area (Å²) in [5.41, 5.74) is 0. The Hall–Kier alpha value is -1.78. The van der Waals surface area contributed by atoms with E-state index in [1.54, 1.807) is 0 Å². The summed E-state index contributed by atoms with van der Waals surface area (Å²) in [4.78, 5) is 25.4. The summed E-state index contributed by atoms with van der Waals surface area (Å²) in [6.45, 7) is 4.76. The van der Waals surface area contributed by atoms with Crippen LogP contribution in [0.15, 0.2) is 16.5 Å². The Morgan fingerprint density at radius 2 is 2.05 bits per heavy atom. The van der Waals surface area contributed by atoms with Crippen LogP contribution in [0.3, 0.4) is 0 Å². The Labute approximate surface area is 123 Å². The molecule has 1 saturated carbocycles. The van der Waals surface area contributed by atoms with Crippen molar-refractivity contribution in [3.63, 3.8) is 0 Å². The molecule has 0 aromatic carbocycles. The van der Waals surface area contributed by atoms with E-state index in [1.165, 1.54) is 0 Å². The van der Waals surface area contributed by atoms with Gasteiger partial charge in [-0.05, 0) is 44.2 Å². The van der Waals surface area contributed by atoms with Gasteiger partial charge in [-0.1, -0.05) is 6.92 Å². The average Bonchev–Trinajstić information content (AvgIpc) is 3.14. The lowest BCUT2D eigenvalue weighted by atomic mass is 9.90. The monoisotopic (exact) mass is 291 g/mol. The number of nitrogens with zero attached hydrogens (tertiary/aromatic N) is 1. The summed E-state index contributed by atoms with van der Waals surface area (Å²) >= 11 is 0. The molecular formula is C16H21NO4. The molecule has 2 heterocycles. The van der Waals surface area contributed by atoms with Crippen molar-refractivity contribution >= 4 is 11.9 Å². The van der Waals surface area contributed by atoms with Crippen LogP contribution >= 0.6 is 0 Å². The van der Waals surface area contributed by atoms with Crippen LogP contribution in [-0.4, -0.2) is 28.4 Å². The molecule has 1 aromatic rings. The molecule has 0 radical (unpaired) electrons. The highest BCUT2D eigenvalue weighted by Crippen LogP contribution is 2.44. The van der Waals surface area contributed by atoms with Gasteiger partial charge in [0.2, 0.25) is 5.91 Å². The molecule has 114 valence electrons. The zero-order valence-electron chi connectivity index (χ0n) is 12.4. The molecule has 5 nitrogen and oxygen atoms in total. The quantitative estimate of drug-likeness (QED) is 0.929. The molecule has 3 rings (SSSR count). The van der Waals surface area contributed by atoms with Crippen molar-refractivity contribution in [3.05, 3.63) is 23.7 Å². The predicted octanol–water partition coefficient (Wildman–Crippen LogP) is 2.61. The van der Waals surface area contributed by atoms with Gasteiger partial charge < -0.3 is 14.4 Å². The number of piperidine rings is 1. The van der Waals surface area contributed by atoms with Crippen molar-refractivity contribution in [3.8, 4) is 0 Å². The maximum Gasteiger partial charge on any atom is 0.307 e. The minimum atomic E-state index is -0.857. The maximum atomic E-state index is 12.6. The van der Waals surface area contributed by atoms with E-state index in [2.05, 4.69) is 6.92 Å². The zero-order chi connectivity index (χ0) is 15.1. The van der Waals surface area contributed by atoms with Gasteiger partial charge in [-0.2, -0.15) is 0 Å². The first-order valence-corrected chi connectivity index (χ1v) is 7.57. The van der Waals surface area contributed by atoms with Gasteiger partial charge in [0, 0.05) is 6.54 Å². The Bertz CT molecular complexity index is 564. The maximum absolute atomic E-state index is 12.6. The normalized spacial score (nSPS) is 32.0. The summed E-state index contributed by atoms with van der Waals surface area (Å²) in [6.07, 6.45) is 2.32. The molecule has 1 aromatic heterocycles. The van der Waals surface area contributed by atoms with E-state index in [1.807, 2.05) is 24.0 Å². The third-order valence-corrected chi connectivity index (χ3v) is 4.66. The number of hydrogen-bond donors (Lipinski definition) is 1. The van der Waals surface area contributed by atoms with Crippen molar-refractivity contribution in [2.24, 2.45) is 17.8 Å². The van der Waals surface area contributed by atoms with Gasteiger partial charge in [0.25, 0.3) is 0 Å². The lowest BCUT2D eigenvalue weighted by Gasteiger charge is -2.37. The minimum absolute atomic E-state index is 0.0200. The lowest BCUT2D eigenvalue weighted by Crippen LogP contribution is -2.41. The van der Waals surface area contributed by atoms with E-state index in [0.29, 0.717) is 18.9 Å². The number of carbonyl (C=O) groups is 2. The fourth-order valence-electron chi connectivity index (χ4n) is 3.26. The van der Waals surface area contributed by atoms with Crippen LogP contribution in [-0.2, 0) is 9.59 Å². The van der Waals surface area contributed by atoms with Crippen molar-refractivity contribution in [1.82, 2.24) is 4.90 Å².